The Morgan fingerprint density at radius 1 is 1.25 bits per heavy atom. The minimum Gasteiger partial charge on any atom is -0.386 e. The van der Waals surface area contributed by atoms with E-state index in [1.165, 1.54) is 11.6 Å². The normalized spacial score (nSPS) is 19.4. The molecule has 0 saturated carbocycles. The maximum Gasteiger partial charge on any atom is 0.222 e. The van der Waals surface area contributed by atoms with Crippen molar-refractivity contribution in [3.8, 4) is 0 Å². The highest BCUT2D eigenvalue weighted by atomic mass is 19.1. The van der Waals surface area contributed by atoms with Crippen molar-refractivity contribution in [1.82, 2.24) is 10.2 Å². The lowest BCUT2D eigenvalue weighted by Gasteiger charge is -2.24. The van der Waals surface area contributed by atoms with Crippen LogP contribution in [0, 0.1) is 5.82 Å². The fourth-order valence-electron chi connectivity index (χ4n) is 4.61. The largest absolute Gasteiger partial charge is 0.386 e. The van der Waals surface area contributed by atoms with Crippen molar-refractivity contribution in [3.63, 3.8) is 0 Å². The molecule has 7 heteroatoms. The topological polar surface area (TPSA) is 68.2 Å². The maximum atomic E-state index is 14.0. The van der Waals surface area contributed by atoms with Gasteiger partial charge in [0.2, 0.25) is 5.91 Å². The lowest BCUT2D eigenvalue weighted by Crippen LogP contribution is -2.41. The number of guanidine groups is 1. The molecule has 2 aliphatic heterocycles. The van der Waals surface area contributed by atoms with E-state index in [9.17, 15) is 14.3 Å². The van der Waals surface area contributed by atoms with Crippen LogP contribution in [0.15, 0.2) is 53.5 Å². The summed E-state index contributed by atoms with van der Waals surface area (Å²) in [6.45, 7) is 5.12. The van der Waals surface area contributed by atoms with Crippen LogP contribution >= 0.6 is 0 Å². The van der Waals surface area contributed by atoms with Crippen molar-refractivity contribution >= 4 is 17.6 Å². The smallest absolute Gasteiger partial charge is 0.222 e. The van der Waals surface area contributed by atoms with Crippen LogP contribution in [-0.4, -0.2) is 54.6 Å². The molecule has 1 amide bonds. The molecule has 1 saturated heterocycles. The number of rotatable bonds is 7. The molecule has 2 heterocycles. The molecule has 6 nitrogen and oxygen atoms in total. The molecule has 0 radical (unpaired) electrons. The lowest BCUT2D eigenvalue weighted by atomic mass is 9.98. The molecule has 2 aliphatic rings. The highest BCUT2D eigenvalue weighted by Gasteiger charge is 2.32. The van der Waals surface area contributed by atoms with E-state index in [0.717, 1.165) is 38.2 Å². The molecule has 32 heavy (non-hydrogen) atoms. The number of carbonyl (C=O) groups excluding carboxylic acids is 1. The van der Waals surface area contributed by atoms with Gasteiger partial charge in [0.05, 0.1) is 6.54 Å². The second-order valence-electron chi connectivity index (χ2n) is 8.37. The Morgan fingerprint density at radius 2 is 2.03 bits per heavy atom. The number of para-hydroxylation sites is 1. The van der Waals surface area contributed by atoms with Gasteiger partial charge in [-0.1, -0.05) is 36.4 Å². The van der Waals surface area contributed by atoms with Gasteiger partial charge >= 0.3 is 0 Å². The predicted molar refractivity (Wildman–Crippen MR) is 124 cm³/mol. The van der Waals surface area contributed by atoms with Crippen LogP contribution in [0.2, 0.25) is 0 Å². The van der Waals surface area contributed by atoms with E-state index in [-0.39, 0.29) is 18.0 Å². The molecule has 0 bridgehead atoms. The average Bonchev–Trinajstić information content (AvgIpc) is 3.38. The Kier molecular flexibility index (Phi) is 7.05. The molecule has 2 unspecified atom stereocenters. The number of anilines is 1. The minimum absolute atomic E-state index is 0.0644. The summed E-state index contributed by atoms with van der Waals surface area (Å²) in [5.74, 6) is 0.795. The fourth-order valence-corrected chi connectivity index (χ4v) is 4.61. The third kappa shape index (κ3) is 4.78. The van der Waals surface area contributed by atoms with E-state index in [4.69, 9.17) is 0 Å². The Morgan fingerprint density at radius 3 is 2.78 bits per heavy atom. The van der Waals surface area contributed by atoms with Crippen molar-refractivity contribution in [3.05, 3.63) is 65.5 Å². The Labute approximate surface area is 188 Å². The number of aliphatic imine (C=N–C) groups is 1. The van der Waals surface area contributed by atoms with E-state index < -0.39 is 11.9 Å². The van der Waals surface area contributed by atoms with Gasteiger partial charge in [0.25, 0.3) is 0 Å². The summed E-state index contributed by atoms with van der Waals surface area (Å²) < 4.78 is 14.0. The van der Waals surface area contributed by atoms with Crippen molar-refractivity contribution in [2.24, 2.45) is 4.99 Å². The van der Waals surface area contributed by atoms with E-state index in [0.29, 0.717) is 24.8 Å². The third-order valence-electron chi connectivity index (χ3n) is 6.26. The highest BCUT2D eigenvalue weighted by molar-refractivity contribution is 5.98. The zero-order valence-electron chi connectivity index (χ0n) is 18.5. The van der Waals surface area contributed by atoms with Crippen LogP contribution in [-0.2, 0) is 4.79 Å². The molecule has 2 N–H and O–H groups in total. The van der Waals surface area contributed by atoms with Gasteiger partial charge in [-0.05, 0) is 37.5 Å². The zero-order chi connectivity index (χ0) is 22.5. The number of hydrogen-bond donors (Lipinski definition) is 2. The molecule has 170 valence electrons. The SMILES string of the molecule is CCNC(=NCC(O)c1ccccc1F)N1CC(CCN2CCCC2=O)c2ccccc21. The van der Waals surface area contributed by atoms with Gasteiger partial charge in [-0.3, -0.25) is 4.79 Å². The predicted octanol–water partition coefficient (Wildman–Crippen LogP) is 3.44. The van der Waals surface area contributed by atoms with Crippen molar-refractivity contribution < 1.29 is 14.3 Å². The van der Waals surface area contributed by atoms with Gasteiger partial charge in [0.15, 0.2) is 5.96 Å². The molecular formula is C25H31FN4O2. The maximum absolute atomic E-state index is 14.0. The highest BCUT2D eigenvalue weighted by Crippen LogP contribution is 2.38. The summed E-state index contributed by atoms with van der Waals surface area (Å²) in [6, 6.07) is 14.5. The van der Waals surface area contributed by atoms with Crippen LogP contribution in [0.4, 0.5) is 10.1 Å². The number of nitrogens with one attached hydrogen (secondary N) is 1. The number of likely N-dealkylation sites (tertiary alicyclic amines) is 1. The van der Waals surface area contributed by atoms with E-state index in [2.05, 4.69) is 27.3 Å². The Bertz CT molecular complexity index is 980. The number of amides is 1. The first kappa shape index (κ1) is 22.3. The molecule has 4 rings (SSSR count). The molecule has 2 aromatic carbocycles. The number of nitrogens with zero attached hydrogens (tertiary/aromatic N) is 3. The summed E-state index contributed by atoms with van der Waals surface area (Å²) in [6.07, 6.45) is 1.50. The summed E-state index contributed by atoms with van der Waals surface area (Å²) in [5, 5.41) is 13.8. The quantitative estimate of drug-likeness (QED) is 0.513. The average molecular weight is 439 g/mol. The van der Waals surface area contributed by atoms with Gasteiger partial charge in [0, 0.05) is 49.8 Å². The van der Waals surface area contributed by atoms with E-state index >= 15 is 0 Å². The Hall–Kier alpha value is -2.93. The molecule has 0 spiro atoms. The number of carbonyl (C=O) groups is 1. The number of benzene rings is 2. The monoisotopic (exact) mass is 438 g/mol. The first-order chi connectivity index (χ1) is 15.6. The van der Waals surface area contributed by atoms with Crippen LogP contribution in [0.25, 0.3) is 0 Å². The van der Waals surface area contributed by atoms with Crippen LogP contribution < -0.4 is 10.2 Å². The molecular weight excluding hydrogens is 407 g/mol. The van der Waals surface area contributed by atoms with Gasteiger partial charge in [0.1, 0.15) is 11.9 Å². The second kappa shape index (κ2) is 10.1. The third-order valence-corrected chi connectivity index (χ3v) is 6.26. The zero-order valence-corrected chi connectivity index (χ0v) is 18.5. The summed E-state index contributed by atoms with van der Waals surface area (Å²) in [7, 11) is 0. The van der Waals surface area contributed by atoms with Gasteiger partial charge in [-0.15, -0.1) is 0 Å². The van der Waals surface area contributed by atoms with Gasteiger partial charge < -0.3 is 20.2 Å². The van der Waals surface area contributed by atoms with Crippen molar-refractivity contribution in [1.29, 1.82) is 0 Å². The molecule has 0 aromatic heterocycles. The van der Waals surface area contributed by atoms with E-state index in [1.54, 1.807) is 18.2 Å². The first-order valence-electron chi connectivity index (χ1n) is 11.4. The van der Waals surface area contributed by atoms with Crippen LogP contribution in [0.5, 0.6) is 0 Å². The minimum atomic E-state index is -1.01. The van der Waals surface area contributed by atoms with Crippen LogP contribution in [0.1, 0.15) is 49.3 Å². The first-order valence-corrected chi connectivity index (χ1v) is 11.4. The van der Waals surface area contributed by atoms with Crippen molar-refractivity contribution in [2.75, 3.05) is 37.6 Å². The summed E-state index contributed by atoms with van der Waals surface area (Å²) in [4.78, 5) is 20.8. The number of hydrogen-bond acceptors (Lipinski definition) is 3. The number of aliphatic hydroxyl groups is 1. The van der Waals surface area contributed by atoms with Crippen LogP contribution in [0.3, 0.4) is 0 Å². The number of fused-ring (bicyclic) bond motifs is 1. The molecule has 2 aromatic rings. The molecule has 1 fully saturated rings. The lowest BCUT2D eigenvalue weighted by molar-refractivity contribution is -0.127. The molecule has 2 atom stereocenters. The van der Waals surface area contributed by atoms with Gasteiger partial charge in [-0.25, -0.2) is 9.38 Å². The standard InChI is InChI=1S/C25H31FN4O2/c1-2-27-25(28-16-23(31)20-9-3-5-10-21(20)26)30-17-18(19-8-4-6-11-22(19)30)13-15-29-14-7-12-24(29)32/h3-6,8-11,18,23,31H,2,7,12-17H2,1H3,(H,27,28). The number of halogens is 1. The summed E-state index contributed by atoms with van der Waals surface area (Å²) in [5.41, 5.74) is 2.59. The Balaban J connectivity index is 1.51. The number of aliphatic hydroxyl groups excluding tert-OH is 1. The van der Waals surface area contributed by atoms with Gasteiger partial charge in [-0.2, -0.15) is 0 Å². The fraction of sp³-hybridized carbons (Fsp3) is 0.440. The second-order valence-corrected chi connectivity index (χ2v) is 8.37. The van der Waals surface area contributed by atoms with E-state index in [1.807, 2.05) is 24.0 Å². The summed E-state index contributed by atoms with van der Waals surface area (Å²) >= 11 is 0. The van der Waals surface area contributed by atoms with Crippen molar-refractivity contribution in [2.45, 2.75) is 38.2 Å². The molecule has 0 aliphatic carbocycles.